The number of nitrogens with one attached hydrogen (secondary N) is 2. The van der Waals surface area contributed by atoms with Crippen LogP contribution < -0.4 is 15.5 Å². The summed E-state index contributed by atoms with van der Waals surface area (Å²) < 4.78 is 4.83. The van der Waals surface area contributed by atoms with Gasteiger partial charge in [0.15, 0.2) is 0 Å². The number of esters is 1. The number of methoxy groups -OCH3 is 1. The normalized spacial score (nSPS) is 17.2. The van der Waals surface area contributed by atoms with Gasteiger partial charge >= 0.3 is 12.0 Å². The third-order valence-electron chi connectivity index (χ3n) is 5.64. The molecule has 1 saturated carbocycles. The van der Waals surface area contributed by atoms with Gasteiger partial charge < -0.3 is 25.2 Å². The summed E-state index contributed by atoms with van der Waals surface area (Å²) in [6.07, 6.45) is 4.29. The van der Waals surface area contributed by atoms with Crippen LogP contribution in [0.5, 0.6) is 0 Å². The molecule has 3 amide bonds. The summed E-state index contributed by atoms with van der Waals surface area (Å²) in [7, 11) is 1.34. The predicted molar refractivity (Wildman–Crippen MR) is 111 cm³/mol. The molecule has 1 aliphatic heterocycles. The van der Waals surface area contributed by atoms with Gasteiger partial charge in [-0.1, -0.05) is 12.8 Å². The van der Waals surface area contributed by atoms with E-state index in [-0.39, 0.29) is 17.9 Å². The zero-order chi connectivity index (χ0) is 20.8. The molecule has 8 nitrogen and oxygen atoms in total. The lowest BCUT2D eigenvalue weighted by atomic mass is 10.1. The maximum Gasteiger partial charge on any atom is 0.337 e. The van der Waals surface area contributed by atoms with E-state index in [0.717, 1.165) is 31.4 Å². The zero-order valence-electron chi connectivity index (χ0n) is 17.2. The van der Waals surface area contributed by atoms with Gasteiger partial charge in [0.25, 0.3) is 0 Å². The van der Waals surface area contributed by atoms with E-state index in [1.807, 2.05) is 11.8 Å². The Bertz CT molecular complexity index is 753. The Labute approximate surface area is 171 Å². The molecule has 1 saturated heterocycles. The zero-order valence-corrected chi connectivity index (χ0v) is 17.2. The summed E-state index contributed by atoms with van der Waals surface area (Å²) >= 11 is 0. The van der Waals surface area contributed by atoms with Crippen molar-refractivity contribution in [1.82, 2.24) is 10.2 Å². The highest BCUT2D eigenvalue weighted by molar-refractivity contribution is 5.97. The number of rotatable bonds is 5. The molecule has 0 aromatic heterocycles. The molecule has 158 valence electrons. The minimum Gasteiger partial charge on any atom is -0.465 e. The molecule has 0 radical (unpaired) electrons. The Balaban J connectivity index is 1.74. The molecule has 0 atom stereocenters. The molecule has 0 bridgehead atoms. The van der Waals surface area contributed by atoms with E-state index < -0.39 is 5.97 Å². The Morgan fingerprint density at radius 2 is 1.79 bits per heavy atom. The molecular weight excluding hydrogens is 372 g/mol. The van der Waals surface area contributed by atoms with Crippen LogP contribution in [0.2, 0.25) is 0 Å². The minimum absolute atomic E-state index is 0.180. The number of carbonyl (C=O) groups excluding carboxylic acids is 3. The number of hydrogen-bond acceptors (Lipinski definition) is 5. The topological polar surface area (TPSA) is 91.0 Å². The predicted octanol–water partition coefficient (Wildman–Crippen LogP) is 2.45. The summed E-state index contributed by atoms with van der Waals surface area (Å²) in [6.45, 7) is 4.93. The standard InChI is InChI=1S/C21H30N4O4/c1-3-22-21(28)23-17-9-8-16(20(27)29-2)14-18(17)24-10-12-25(13-11-24)19(26)15-6-4-5-7-15/h8-9,14-15H,3-7,10-13H2,1-2H3,(H2,22,23,28). The summed E-state index contributed by atoms with van der Waals surface area (Å²) in [5.41, 5.74) is 1.81. The van der Waals surface area contributed by atoms with E-state index in [4.69, 9.17) is 4.74 Å². The fourth-order valence-electron chi connectivity index (χ4n) is 4.07. The maximum absolute atomic E-state index is 12.7. The molecule has 1 aromatic carbocycles. The van der Waals surface area contributed by atoms with Crippen molar-refractivity contribution in [1.29, 1.82) is 0 Å². The first kappa shape index (κ1) is 21.0. The molecule has 2 N–H and O–H groups in total. The Morgan fingerprint density at radius 3 is 2.41 bits per heavy atom. The fourth-order valence-corrected chi connectivity index (χ4v) is 4.07. The molecule has 2 aliphatic rings. The highest BCUT2D eigenvalue weighted by Crippen LogP contribution is 2.30. The molecule has 29 heavy (non-hydrogen) atoms. The second kappa shape index (κ2) is 9.62. The van der Waals surface area contributed by atoms with Crippen molar-refractivity contribution in [2.24, 2.45) is 5.92 Å². The highest BCUT2D eigenvalue weighted by Gasteiger charge is 2.30. The number of hydrogen-bond donors (Lipinski definition) is 2. The largest absolute Gasteiger partial charge is 0.465 e. The maximum atomic E-state index is 12.7. The van der Waals surface area contributed by atoms with Crippen LogP contribution in [-0.4, -0.2) is 62.6 Å². The lowest BCUT2D eigenvalue weighted by Gasteiger charge is -2.38. The van der Waals surface area contributed by atoms with Crippen LogP contribution in [0.25, 0.3) is 0 Å². The number of anilines is 2. The van der Waals surface area contributed by atoms with E-state index in [9.17, 15) is 14.4 Å². The van der Waals surface area contributed by atoms with Gasteiger partial charge in [0.1, 0.15) is 0 Å². The second-order valence-corrected chi connectivity index (χ2v) is 7.50. The number of piperazine rings is 1. The van der Waals surface area contributed by atoms with Crippen molar-refractivity contribution >= 4 is 29.3 Å². The number of urea groups is 1. The van der Waals surface area contributed by atoms with Crippen LogP contribution in [0, 0.1) is 5.92 Å². The van der Waals surface area contributed by atoms with Crippen LogP contribution >= 0.6 is 0 Å². The van der Waals surface area contributed by atoms with Gasteiger partial charge in [-0.25, -0.2) is 9.59 Å². The Morgan fingerprint density at radius 1 is 1.10 bits per heavy atom. The summed E-state index contributed by atoms with van der Waals surface area (Å²) in [4.78, 5) is 40.8. The average Bonchev–Trinajstić information content (AvgIpc) is 3.28. The molecule has 1 aromatic rings. The van der Waals surface area contributed by atoms with Crippen molar-refractivity contribution in [2.45, 2.75) is 32.6 Å². The SMILES string of the molecule is CCNC(=O)Nc1ccc(C(=O)OC)cc1N1CCN(C(=O)C2CCCC2)CC1. The fraction of sp³-hybridized carbons (Fsp3) is 0.571. The van der Waals surface area contributed by atoms with E-state index >= 15 is 0 Å². The molecule has 0 spiro atoms. The lowest BCUT2D eigenvalue weighted by molar-refractivity contribution is -0.135. The number of benzene rings is 1. The van der Waals surface area contributed by atoms with Gasteiger partial charge in [0.2, 0.25) is 5.91 Å². The van der Waals surface area contributed by atoms with Gasteiger partial charge in [-0.15, -0.1) is 0 Å². The van der Waals surface area contributed by atoms with E-state index in [2.05, 4.69) is 15.5 Å². The monoisotopic (exact) mass is 402 g/mol. The van der Waals surface area contributed by atoms with Gasteiger partial charge in [-0.3, -0.25) is 4.79 Å². The number of nitrogens with zero attached hydrogens (tertiary/aromatic N) is 2. The molecule has 1 aliphatic carbocycles. The van der Waals surface area contributed by atoms with Crippen LogP contribution in [0.3, 0.4) is 0 Å². The van der Waals surface area contributed by atoms with Gasteiger partial charge in [0, 0.05) is 38.6 Å². The first-order valence-corrected chi connectivity index (χ1v) is 10.3. The smallest absolute Gasteiger partial charge is 0.337 e. The Kier molecular flexibility index (Phi) is 6.95. The summed E-state index contributed by atoms with van der Waals surface area (Å²) in [5, 5.41) is 5.56. The van der Waals surface area contributed by atoms with Crippen molar-refractivity contribution < 1.29 is 19.1 Å². The molecule has 0 unspecified atom stereocenters. The van der Waals surface area contributed by atoms with E-state index in [0.29, 0.717) is 44.0 Å². The quantitative estimate of drug-likeness (QED) is 0.739. The van der Waals surface area contributed by atoms with Crippen molar-refractivity contribution in [2.75, 3.05) is 50.1 Å². The third-order valence-corrected chi connectivity index (χ3v) is 5.64. The minimum atomic E-state index is -0.425. The van der Waals surface area contributed by atoms with Crippen LogP contribution in [-0.2, 0) is 9.53 Å². The van der Waals surface area contributed by atoms with Gasteiger partial charge in [-0.2, -0.15) is 0 Å². The first-order chi connectivity index (χ1) is 14.0. The van der Waals surface area contributed by atoms with Gasteiger partial charge in [-0.05, 0) is 38.0 Å². The lowest BCUT2D eigenvalue weighted by Crippen LogP contribution is -2.50. The number of carbonyl (C=O) groups is 3. The van der Waals surface area contributed by atoms with Crippen molar-refractivity contribution in [3.63, 3.8) is 0 Å². The highest BCUT2D eigenvalue weighted by atomic mass is 16.5. The van der Waals surface area contributed by atoms with Crippen LogP contribution in [0.15, 0.2) is 18.2 Å². The molecule has 2 fully saturated rings. The van der Waals surface area contributed by atoms with Crippen LogP contribution in [0.4, 0.5) is 16.2 Å². The molecule has 3 rings (SSSR count). The first-order valence-electron chi connectivity index (χ1n) is 10.3. The summed E-state index contributed by atoms with van der Waals surface area (Å²) in [5.74, 6) is 0.0242. The second-order valence-electron chi connectivity index (χ2n) is 7.50. The molecule has 1 heterocycles. The Hall–Kier alpha value is -2.77. The molecular formula is C21H30N4O4. The average molecular weight is 402 g/mol. The van der Waals surface area contributed by atoms with Crippen molar-refractivity contribution in [3.8, 4) is 0 Å². The molecule has 8 heteroatoms. The van der Waals surface area contributed by atoms with Gasteiger partial charge in [0.05, 0.1) is 24.0 Å². The number of ether oxygens (including phenoxy) is 1. The van der Waals surface area contributed by atoms with Crippen LogP contribution in [0.1, 0.15) is 43.0 Å². The summed E-state index contributed by atoms with van der Waals surface area (Å²) in [6, 6.07) is 4.79. The number of amides is 3. The van der Waals surface area contributed by atoms with E-state index in [1.54, 1.807) is 18.2 Å². The van der Waals surface area contributed by atoms with Crippen molar-refractivity contribution in [3.05, 3.63) is 23.8 Å². The van der Waals surface area contributed by atoms with E-state index in [1.165, 1.54) is 7.11 Å². The third kappa shape index (κ3) is 4.99.